The Hall–Kier alpha value is -1.62. The first-order valence-corrected chi connectivity index (χ1v) is 5.93. The summed E-state index contributed by atoms with van der Waals surface area (Å²) in [5.74, 6) is -1.30. The van der Waals surface area contributed by atoms with E-state index in [1.165, 1.54) is 0 Å². The van der Waals surface area contributed by atoms with Crippen LogP contribution in [0.5, 0.6) is 0 Å². The first kappa shape index (κ1) is 18.7. The zero-order valence-corrected chi connectivity index (χ0v) is 11.5. The maximum atomic E-state index is 10.4. The van der Waals surface area contributed by atoms with Crippen LogP contribution >= 0.6 is 0 Å². The van der Waals surface area contributed by atoms with Crippen LogP contribution in [0.1, 0.15) is 27.2 Å². The monoisotopic (exact) mass is 256 g/mol. The van der Waals surface area contributed by atoms with Crippen LogP contribution in [-0.4, -0.2) is 41.5 Å². The summed E-state index contributed by atoms with van der Waals surface area (Å²) in [7, 11) is 0. The summed E-state index contributed by atoms with van der Waals surface area (Å²) in [6.07, 6.45) is 3.65. The van der Waals surface area contributed by atoms with Crippen LogP contribution in [0, 0.1) is 0 Å². The summed E-state index contributed by atoms with van der Waals surface area (Å²) in [5.41, 5.74) is 4.97. The lowest BCUT2D eigenvalue weighted by Gasteiger charge is -2.16. The third kappa shape index (κ3) is 12.4. The standard InChI is InChI=1S/C10H19NO2.C3H5NO/c1-4-11(5-2)8-6-7-9(3)10(12)13;1-2-3(4)5/h7H,4-6,8H2,1-3H3,(H,12,13);2H,1H2,(H2,4,5). The molecular formula is C13H24N2O3. The van der Waals surface area contributed by atoms with Gasteiger partial charge in [0, 0.05) is 12.1 Å². The molecule has 18 heavy (non-hydrogen) atoms. The first-order chi connectivity index (χ1) is 8.38. The number of carboxylic acids is 1. The van der Waals surface area contributed by atoms with Gasteiger partial charge in [-0.2, -0.15) is 0 Å². The number of hydrogen-bond acceptors (Lipinski definition) is 3. The molecule has 0 bridgehead atoms. The molecule has 0 aliphatic heterocycles. The van der Waals surface area contributed by atoms with Crippen LogP contribution in [0.2, 0.25) is 0 Å². The minimum absolute atomic E-state index is 0.437. The normalized spacial score (nSPS) is 10.6. The average molecular weight is 256 g/mol. The predicted octanol–water partition coefficient (Wildman–Crippen LogP) is 1.41. The zero-order chi connectivity index (χ0) is 14.6. The van der Waals surface area contributed by atoms with Gasteiger partial charge in [0.25, 0.3) is 0 Å². The molecule has 0 atom stereocenters. The van der Waals surface area contributed by atoms with Gasteiger partial charge in [0.05, 0.1) is 0 Å². The molecule has 0 saturated carbocycles. The van der Waals surface area contributed by atoms with E-state index in [1.54, 1.807) is 13.0 Å². The van der Waals surface area contributed by atoms with Crippen molar-refractivity contribution in [3.8, 4) is 0 Å². The molecule has 104 valence electrons. The van der Waals surface area contributed by atoms with E-state index >= 15 is 0 Å². The third-order valence-corrected chi connectivity index (χ3v) is 2.33. The van der Waals surface area contributed by atoms with E-state index < -0.39 is 11.9 Å². The van der Waals surface area contributed by atoms with Crippen molar-refractivity contribution in [3.05, 3.63) is 24.3 Å². The maximum absolute atomic E-state index is 10.4. The SMILES string of the molecule is C=CC(N)=O.CCN(CC)CCC=C(C)C(=O)O. The van der Waals surface area contributed by atoms with Crippen LogP contribution in [-0.2, 0) is 9.59 Å². The topological polar surface area (TPSA) is 83.6 Å². The molecule has 0 aliphatic carbocycles. The number of carbonyl (C=O) groups excluding carboxylic acids is 1. The lowest BCUT2D eigenvalue weighted by molar-refractivity contribution is -0.132. The molecule has 5 nitrogen and oxygen atoms in total. The summed E-state index contributed by atoms with van der Waals surface area (Å²) in [6, 6.07) is 0. The van der Waals surface area contributed by atoms with E-state index in [9.17, 15) is 9.59 Å². The average Bonchev–Trinajstić information content (AvgIpc) is 2.34. The number of carbonyl (C=O) groups is 2. The highest BCUT2D eigenvalue weighted by Crippen LogP contribution is 1.97. The Kier molecular flexibility index (Phi) is 12.3. The van der Waals surface area contributed by atoms with Crippen molar-refractivity contribution in [1.82, 2.24) is 4.90 Å². The van der Waals surface area contributed by atoms with E-state index in [2.05, 4.69) is 31.1 Å². The number of hydrogen-bond donors (Lipinski definition) is 2. The van der Waals surface area contributed by atoms with Crippen LogP contribution < -0.4 is 5.73 Å². The zero-order valence-electron chi connectivity index (χ0n) is 11.5. The van der Waals surface area contributed by atoms with E-state index in [4.69, 9.17) is 5.11 Å². The summed E-state index contributed by atoms with van der Waals surface area (Å²) in [6.45, 7) is 11.9. The van der Waals surface area contributed by atoms with E-state index in [1.807, 2.05) is 0 Å². The van der Waals surface area contributed by atoms with Gasteiger partial charge in [0.15, 0.2) is 0 Å². The van der Waals surface area contributed by atoms with Gasteiger partial charge in [0.2, 0.25) is 5.91 Å². The van der Waals surface area contributed by atoms with E-state index in [-0.39, 0.29) is 0 Å². The van der Waals surface area contributed by atoms with Gasteiger partial charge in [-0.05, 0) is 32.5 Å². The molecule has 0 heterocycles. The summed E-state index contributed by atoms with van der Waals surface area (Å²) >= 11 is 0. The van der Waals surface area contributed by atoms with Crippen molar-refractivity contribution in [2.45, 2.75) is 27.2 Å². The number of primary amides is 1. The van der Waals surface area contributed by atoms with Gasteiger partial charge in [-0.15, -0.1) is 0 Å². The fourth-order valence-corrected chi connectivity index (χ4v) is 1.09. The molecule has 5 heteroatoms. The molecule has 0 aromatic carbocycles. The second-order valence-electron chi connectivity index (χ2n) is 3.61. The van der Waals surface area contributed by atoms with Gasteiger partial charge >= 0.3 is 5.97 Å². The Morgan fingerprint density at radius 2 is 1.78 bits per heavy atom. The lowest BCUT2D eigenvalue weighted by Crippen LogP contribution is -2.23. The highest BCUT2D eigenvalue weighted by molar-refractivity contribution is 5.85. The summed E-state index contributed by atoms with van der Waals surface area (Å²) < 4.78 is 0. The van der Waals surface area contributed by atoms with Crippen LogP contribution in [0.15, 0.2) is 24.3 Å². The van der Waals surface area contributed by atoms with E-state index in [0.717, 1.165) is 32.1 Å². The van der Waals surface area contributed by atoms with Crippen LogP contribution in [0.3, 0.4) is 0 Å². The Morgan fingerprint density at radius 1 is 1.33 bits per heavy atom. The first-order valence-electron chi connectivity index (χ1n) is 5.93. The van der Waals surface area contributed by atoms with Crippen molar-refractivity contribution < 1.29 is 14.7 Å². The third-order valence-electron chi connectivity index (χ3n) is 2.33. The number of rotatable bonds is 7. The Labute approximate surface area is 109 Å². The summed E-state index contributed by atoms with van der Waals surface area (Å²) in [4.78, 5) is 22.2. The lowest BCUT2D eigenvalue weighted by atomic mass is 10.2. The molecule has 3 N–H and O–H groups in total. The Bertz CT molecular complexity index is 295. The van der Waals surface area contributed by atoms with Gasteiger partial charge < -0.3 is 15.7 Å². The molecule has 0 aromatic heterocycles. The highest BCUT2D eigenvalue weighted by atomic mass is 16.4. The van der Waals surface area contributed by atoms with Gasteiger partial charge in [-0.25, -0.2) is 4.79 Å². The number of nitrogens with zero attached hydrogens (tertiary/aromatic N) is 1. The van der Waals surface area contributed by atoms with Crippen molar-refractivity contribution in [3.63, 3.8) is 0 Å². The number of carboxylic acid groups (broad SMARTS) is 1. The quantitative estimate of drug-likeness (QED) is 0.674. The predicted molar refractivity (Wildman–Crippen MR) is 73.2 cm³/mol. The molecule has 0 radical (unpaired) electrons. The molecule has 0 spiro atoms. The van der Waals surface area contributed by atoms with E-state index in [0.29, 0.717) is 5.57 Å². The second kappa shape index (κ2) is 11.9. The van der Waals surface area contributed by atoms with Gasteiger partial charge in [0.1, 0.15) is 0 Å². The van der Waals surface area contributed by atoms with Crippen molar-refractivity contribution >= 4 is 11.9 Å². The molecule has 0 rings (SSSR count). The minimum Gasteiger partial charge on any atom is -0.478 e. The molecule has 0 aromatic rings. The molecule has 0 fully saturated rings. The Balaban J connectivity index is 0. The number of amides is 1. The van der Waals surface area contributed by atoms with Crippen LogP contribution in [0.4, 0.5) is 0 Å². The highest BCUT2D eigenvalue weighted by Gasteiger charge is 2.00. The van der Waals surface area contributed by atoms with Crippen LogP contribution in [0.25, 0.3) is 0 Å². The maximum Gasteiger partial charge on any atom is 0.330 e. The van der Waals surface area contributed by atoms with Crippen molar-refractivity contribution in [2.24, 2.45) is 5.73 Å². The van der Waals surface area contributed by atoms with Crippen molar-refractivity contribution in [1.29, 1.82) is 0 Å². The number of aliphatic carboxylic acids is 1. The molecule has 0 unspecified atom stereocenters. The Morgan fingerprint density at radius 3 is 2.06 bits per heavy atom. The minimum atomic E-state index is -0.820. The smallest absolute Gasteiger partial charge is 0.330 e. The van der Waals surface area contributed by atoms with Gasteiger partial charge in [-0.3, -0.25) is 4.79 Å². The number of nitrogens with two attached hydrogens (primary N) is 1. The fourth-order valence-electron chi connectivity index (χ4n) is 1.09. The van der Waals surface area contributed by atoms with Crippen molar-refractivity contribution in [2.75, 3.05) is 19.6 Å². The molecule has 0 saturated heterocycles. The second-order valence-corrected chi connectivity index (χ2v) is 3.61. The van der Waals surface area contributed by atoms with Gasteiger partial charge in [-0.1, -0.05) is 26.5 Å². The molecule has 1 amide bonds. The fraction of sp³-hybridized carbons (Fsp3) is 0.538. The molecule has 0 aliphatic rings. The largest absolute Gasteiger partial charge is 0.478 e. The summed E-state index contributed by atoms with van der Waals surface area (Å²) in [5, 5.41) is 8.58. The molecular weight excluding hydrogens is 232 g/mol.